The minimum atomic E-state index is -0.567. The van der Waals surface area contributed by atoms with E-state index in [0.717, 1.165) is 17.2 Å². The van der Waals surface area contributed by atoms with Crippen molar-refractivity contribution in [3.05, 3.63) is 83.4 Å². The van der Waals surface area contributed by atoms with Gasteiger partial charge in [-0.2, -0.15) is 0 Å². The van der Waals surface area contributed by atoms with Crippen LogP contribution in [0.25, 0.3) is 0 Å². The molecule has 0 radical (unpaired) electrons. The Kier molecular flexibility index (Phi) is 6.12. The van der Waals surface area contributed by atoms with E-state index in [2.05, 4.69) is 0 Å². The standard InChI is InChI=1S/C19H18O4/c1-15(19(21)23-14-17-10-6-3-7-11-17)12-18(20)22-13-16-8-4-2-5-9-16/h2-12H,13-14H2,1H3/b15-12+. The molecule has 0 saturated carbocycles. The van der Waals surface area contributed by atoms with E-state index < -0.39 is 11.9 Å². The van der Waals surface area contributed by atoms with Gasteiger partial charge in [-0.1, -0.05) is 60.7 Å². The molecule has 0 heterocycles. The largest absolute Gasteiger partial charge is 0.458 e. The molecule has 4 heteroatoms. The van der Waals surface area contributed by atoms with Gasteiger partial charge in [-0.05, 0) is 18.1 Å². The fourth-order valence-corrected chi connectivity index (χ4v) is 1.84. The lowest BCUT2D eigenvalue weighted by Crippen LogP contribution is -2.09. The van der Waals surface area contributed by atoms with Gasteiger partial charge in [0.15, 0.2) is 0 Å². The van der Waals surface area contributed by atoms with Crippen molar-refractivity contribution >= 4 is 11.9 Å². The van der Waals surface area contributed by atoms with Crippen molar-refractivity contribution in [3.63, 3.8) is 0 Å². The summed E-state index contributed by atoms with van der Waals surface area (Å²) in [4.78, 5) is 23.5. The molecule has 0 atom stereocenters. The number of carbonyl (C=O) groups excluding carboxylic acids is 2. The normalized spacial score (nSPS) is 10.9. The van der Waals surface area contributed by atoms with Crippen molar-refractivity contribution in [2.24, 2.45) is 0 Å². The Hall–Kier alpha value is -2.88. The maximum atomic E-state index is 11.8. The highest BCUT2D eigenvalue weighted by Crippen LogP contribution is 2.06. The molecule has 0 spiro atoms. The zero-order chi connectivity index (χ0) is 16.5. The van der Waals surface area contributed by atoms with Crippen molar-refractivity contribution in [2.45, 2.75) is 20.1 Å². The van der Waals surface area contributed by atoms with Crippen molar-refractivity contribution < 1.29 is 19.1 Å². The monoisotopic (exact) mass is 310 g/mol. The molecule has 4 nitrogen and oxygen atoms in total. The summed E-state index contributed by atoms with van der Waals surface area (Å²) in [5.74, 6) is -1.10. The van der Waals surface area contributed by atoms with E-state index >= 15 is 0 Å². The second-order valence-corrected chi connectivity index (χ2v) is 4.98. The molecule has 118 valence electrons. The number of hydrogen-bond acceptors (Lipinski definition) is 4. The Balaban J connectivity index is 1.80. The Morgan fingerprint density at radius 3 is 1.83 bits per heavy atom. The van der Waals surface area contributed by atoms with E-state index in [1.807, 2.05) is 60.7 Å². The van der Waals surface area contributed by atoms with Crippen molar-refractivity contribution in [2.75, 3.05) is 0 Å². The van der Waals surface area contributed by atoms with Crippen LogP contribution in [-0.2, 0) is 32.3 Å². The van der Waals surface area contributed by atoms with Gasteiger partial charge in [0.05, 0.1) is 0 Å². The number of ether oxygens (including phenoxy) is 2. The molecule has 0 bridgehead atoms. The number of hydrogen-bond donors (Lipinski definition) is 0. The van der Waals surface area contributed by atoms with Crippen LogP contribution in [0.1, 0.15) is 18.1 Å². The van der Waals surface area contributed by atoms with Gasteiger partial charge in [0.2, 0.25) is 0 Å². The third-order valence-electron chi connectivity index (χ3n) is 3.09. The maximum absolute atomic E-state index is 11.8. The smallest absolute Gasteiger partial charge is 0.334 e. The topological polar surface area (TPSA) is 52.6 Å². The van der Waals surface area contributed by atoms with Gasteiger partial charge in [0.25, 0.3) is 0 Å². The first-order valence-corrected chi connectivity index (χ1v) is 7.25. The van der Waals surface area contributed by atoms with Crippen molar-refractivity contribution in [3.8, 4) is 0 Å². The van der Waals surface area contributed by atoms with Crippen LogP contribution in [0.4, 0.5) is 0 Å². The molecule has 23 heavy (non-hydrogen) atoms. The van der Waals surface area contributed by atoms with E-state index in [4.69, 9.17) is 9.47 Å². The van der Waals surface area contributed by atoms with E-state index in [-0.39, 0.29) is 18.8 Å². The first-order chi connectivity index (χ1) is 11.1. The van der Waals surface area contributed by atoms with Crippen molar-refractivity contribution in [1.82, 2.24) is 0 Å². The molecule has 0 fully saturated rings. The van der Waals surface area contributed by atoms with E-state index in [0.29, 0.717) is 0 Å². The van der Waals surface area contributed by atoms with Crippen LogP contribution >= 0.6 is 0 Å². The fraction of sp³-hybridized carbons (Fsp3) is 0.158. The molecular formula is C19H18O4. The molecule has 0 aliphatic rings. The van der Waals surface area contributed by atoms with E-state index in [1.54, 1.807) is 0 Å². The number of esters is 2. The van der Waals surface area contributed by atoms with Gasteiger partial charge in [0, 0.05) is 11.6 Å². The molecule has 0 aliphatic carbocycles. The lowest BCUT2D eigenvalue weighted by molar-refractivity contribution is -0.142. The molecule has 0 N–H and O–H groups in total. The Morgan fingerprint density at radius 2 is 1.30 bits per heavy atom. The van der Waals surface area contributed by atoms with Crippen LogP contribution in [0.15, 0.2) is 72.3 Å². The third-order valence-corrected chi connectivity index (χ3v) is 3.09. The summed E-state index contributed by atoms with van der Waals surface area (Å²) >= 11 is 0. The zero-order valence-corrected chi connectivity index (χ0v) is 12.9. The lowest BCUT2D eigenvalue weighted by Gasteiger charge is -2.05. The minimum Gasteiger partial charge on any atom is -0.458 e. The van der Waals surface area contributed by atoms with E-state index in [9.17, 15) is 9.59 Å². The predicted octanol–water partition coefficient (Wildman–Crippen LogP) is 3.42. The van der Waals surface area contributed by atoms with Crippen LogP contribution < -0.4 is 0 Å². The second kappa shape index (κ2) is 8.54. The van der Waals surface area contributed by atoms with Gasteiger partial charge in [-0.25, -0.2) is 9.59 Å². The molecule has 0 unspecified atom stereocenters. The van der Waals surface area contributed by atoms with Gasteiger partial charge in [-0.15, -0.1) is 0 Å². The first-order valence-electron chi connectivity index (χ1n) is 7.25. The quantitative estimate of drug-likeness (QED) is 0.606. The molecule has 2 rings (SSSR count). The molecule has 0 saturated heterocycles. The molecule has 2 aromatic rings. The highest BCUT2D eigenvalue weighted by atomic mass is 16.5. The van der Waals surface area contributed by atoms with Gasteiger partial charge < -0.3 is 9.47 Å². The van der Waals surface area contributed by atoms with E-state index in [1.165, 1.54) is 6.92 Å². The SMILES string of the molecule is C/C(=C\C(=O)OCc1ccccc1)C(=O)OCc1ccccc1. The maximum Gasteiger partial charge on any atom is 0.334 e. The third kappa shape index (κ3) is 5.79. The number of benzene rings is 2. The Morgan fingerprint density at radius 1 is 0.826 bits per heavy atom. The van der Waals surface area contributed by atoms with Crippen molar-refractivity contribution in [1.29, 1.82) is 0 Å². The van der Waals surface area contributed by atoms with Gasteiger partial charge in [-0.3, -0.25) is 0 Å². The average molecular weight is 310 g/mol. The van der Waals surface area contributed by atoms with Gasteiger partial charge >= 0.3 is 11.9 Å². The first kappa shape index (κ1) is 16.5. The Labute approximate surface area is 135 Å². The second-order valence-electron chi connectivity index (χ2n) is 4.98. The summed E-state index contributed by atoms with van der Waals surface area (Å²) < 4.78 is 10.2. The Bertz CT molecular complexity index is 675. The van der Waals surface area contributed by atoms with Gasteiger partial charge in [0.1, 0.15) is 13.2 Å². The molecule has 0 amide bonds. The molecular weight excluding hydrogens is 292 g/mol. The van der Waals surface area contributed by atoms with Crippen LogP contribution in [0.2, 0.25) is 0 Å². The minimum absolute atomic E-state index is 0.169. The summed E-state index contributed by atoms with van der Waals surface area (Å²) in [7, 11) is 0. The average Bonchev–Trinajstić information content (AvgIpc) is 2.59. The number of carbonyl (C=O) groups is 2. The van der Waals surface area contributed by atoms with Crippen LogP contribution in [0.5, 0.6) is 0 Å². The molecule has 0 aliphatic heterocycles. The lowest BCUT2D eigenvalue weighted by atomic mass is 10.2. The summed E-state index contributed by atoms with van der Waals surface area (Å²) in [6, 6.07) is 18.7. The van der Waals surface area contributed by atoms with Crippen LogP contribution in [0, 0.1) is 0 Å². The summed E-state index contributed by atoms with van der Waals surface area (Å²) in [6.45, 7) is 1.86. The fourth-order valence-electron chi connectivity index (χ4n) is 1.84. The number of rotatable bonds is 6. The summed E-state index contributed by atoms with van der Waals surface area (Å²) in [6.07, 6.45) is 1.15. The van der Waals surface area contributed by atoms with Crippen LogP contribution in [-0.4, -0.2) is 11.9 Å². The zero-order valence-electron chi connectivity index (χ0n) is 12.9. The predicted molar refractivity (Wildman–Crippen MR) is 86.2 cm³/mol. The molecule has 2 aromatic carbocycles. The highest BCUT2D eigenvalue weighted by molar-refractivity contribution is 5.95. The summed E-state index contributed by atoms with van der Waals surface area (Å²) in [5.41, 5.74) is 1.98. The van der Waals surface area contributed by atoms with Crippen LogP contribution in [0.3, 0.4) is 0 Å². The summed E-state index contributed by atoms with van der Waals surface area (Å²) in [5, 5.41) is 0. The molecule has 0 aromatic heterocycles. The highest BCUT2D eigenvalue weighted by Gasteiger charge is 2.09.